The van der Waals surface area contributed by atoms with Crippen molar-refractivity contribution in [3.63, 3.8) is 0 Å². The summed E-state index contributed by atoms with van der Waals surface area (Å²) < 4.78 is 0. The average molecular weight is 286 g/mol. The van der Waals surface area contributed by atoms with Crippen LogP contribution in [0.25, 0.3) is 0 Å². The Morgan fingerprint density at radius 1 is 1.15 bits per heavy atom. The Kier molecular flexibility index (Phi) is 10.1. The van der Waals surface area contributed by atoms with Gasteiger partial charge in [-0.1, -0.05) is 33.6 Å². The van der Waals surface area contributed by atoms with E-state index in [2.05, 4.69) is 19.2 Å². The topological polar surface area (TPSA) is 69.6 Å². The Hall–Kier alpha value is -1.10. The lowest BCUT2D eigenvalue weighted by Crippen LogP contribution is -2.43. The Balaban J connectivity index is 4.01. The first-order valence-electron chi connectivity index (χ1n) is 7.58. The largest absolute Gasteiger partial charge is 0.480 e. The van der Waals surface area contributed by atoms with E-state index in [4.69, 9.17) is 5.11 Å². The normalized spacial score (nSPS) is 12.7. The molecule has 0 aliphatic heterocycles. The number of hydrogen-bond donors (Lipinski definition) is 2. The third kappa shape index (κ3) is 10.8. The molecule has 2 N–H and O–H groups in total. The van der Waals surface area contributed by atoms with Crippen LogP contribution in [0, 0.1) is 5.92 Å². The molecule has 5 heteroatoms. The van der Waals surface area contributed by atoms with Crippen molar-refractivity contribution in [3.8, 4) is 0 Å². The molecule has 0 aliphatic rings. The van der Waals surface area contributed by atoms with Gasteiger partial charge in [-0.05, 0) is 32.2 Å². The number of nitrogens with one attached hydrogen (secondary N) is 1. The Morgan fingerprint density at radius 3 is 2.30 bits per heavy atom. The minimum atomic E-state index is -0.892. The zero-order chi connectivity index (χ0) is 15.5. The number of carboxylic acid groups (broad SMARTS) is 1. The van der Waals surface area contributed by atoms with Crippen molar-refractivity contribution >= 4 is 11.9 Å². The molecule has 1 atom stereocenters. The second-order valence-corrected chi connectivity index (χ2v) is 5.90. The number of hydrogen-bond acceptors (Lipinski definition) is 3. The van der Waals surface area contributed by atoms with Crippen molar-refractivity contribution in [1.29, 1.82) is 0 Å². The van der Waals surface area contributed by atoms with Crippen molar-refractivity contribution in [2.45, 2.75) is 59.4 Å². The van der Waals surface area contributed by atoms with Crippen LogP contribution < -0.4 is 5.32 Å². The maximum atomic E-state index is 11.9. The summed E-state index contributed by atoms with van der Waals surface area (Å²) in [6.45, 7) is 9.07. The molecule has 0 aliphatic carbocycles. The highest BCUT2D eigenvalue weighted by molar-refractivity contribution is 5.79. The van der Waals surface area contributed by atoms with Crippen molar-refractivity contribution in [2.24, 2.45) is 5.92 Å². The van der Waals surface area contributed by atoms with Crippen LogP contribution in [-0.4, -0.2) is 47.6 Å². The van der Waals surface area contributed by atoms with Crippen LogP contribution in [0.15, 0.2) is 0 Å². The molecule has 0 rings (SSSR count). The monoisotopic (exact) mass is 286 g/mol. The van der Waals surface area contributed by atoms with Crippen molar-refractivity contribution in [2.75, 3.05) is 19.6 Å². The average Bonchev–Trinajstić information content (AvgIpc) is 2.27. The van der Waals surface area contributed by atoms with Crippen molar-refractivity contribution < 1.29 is 14.7 Å². The number of carbonyl (C=O) groups is 2. The van der Waals surface area contributed by atoms with Gasteiger partial charge in [0.1, 0.15) is 0 Å². The van der Waals surface area contributed by atoms with Gasteiger partial charge < -0.3 is 10.4 Å². The van der Waals surface area contributed by atoms with E-state index in [9.17, 15) is 9.59 Å². The molecule has 1 amide bonds. The number of amides is 1. The minimum Gasteiger partial charge on any atom is -0.480 e. The summed E-state index contributed by atoms with van der Waals surface area (Å²) in [7, 11) is 0. The first-order valence-corrected chi connectivity index (χ1v) is 7.58. The van der Waals surface area contributed by atoms with Gasteiger partial charge in [0, 0.05) is 6.04 Å². The summed E-state index contributed by atoms with van der Waals surface area (Å²) in [5.41, 5.74) is 0. The minimum absolute atomic E-state index is 0.0804. The van der Waals surface area contributed by atoms with Crippen LogP contribution in [0.3, 0.4) is 0 Å². The molecular formula is C15H30N2O3. The smallest absolute Gasteiger partial charge is 0.317 e. The fourth-order valence-corrected chi connectivity index (χ4v) is 2.15. The van der Waals surface area contributed by atoms with E-state index < -0.39 is 5.97 Å². The SMILES string of the molecule is CCCN(CC(=O)O)CC(=O)NC(C)CCCC(C)C. The van der Waals surface area contributed by atoms with Gasteiger partial charge >= 0.3 is 5.97 Å². The molecule has 1 unspecified atom stereocenters. The third-order valence-electron chi connectivity index (χ3n) is 3.09. The lowest BCUT2D eigenvalue weighted by molar-refractivity contribution is -0.138. The summed E-state index contributed by atoms with van der Waals surface area (Å²) in [5, 5.41) is 11.7. The summed E-state index contributed by atoms with van der Waals surface area (Å²) in [6, 6.07) is 0.148. The Bertz CT molecular complexity index is 293. The van der Waals surface area contributed by atoms with Gasteiger partial charge in [0.25, 0.3) is 0 Å². The maximum absolute atomic E-state index is 11.9. The molecule has 0 saturated heterocycles. The lowest BCUT2D eigenvalue weighted by Gasteiger charge is -2.21. The zero-order valence-electron chi connectivity index (χ0n) is 13.3. The molecule has 5 nitrogen and oxygen atoms in total. The van der Waals surface area contributed by atoms with Gasteiger partial charge in [-0.15, -0.1) is 0 Å². The van der Waals surface area contributed by atoms with Crippen LogP contribution in [0.2, 0.25) is 0 Å². The summed E-state index contributed by atoms with van der Waals surface area (Å²) in [5.74, 6) is -0.290. The van der Waals surface area contributed by atoms with Gasteiger partial charge in [0.05, 0.1) is 13.1 Å². The fourth-order valence-electron chi connectivity index (χ4n) is 2.15. The van der Waals surface area contributed by atoms with Gasteiger partial charge in [0.2, 0.25) is 5.91 Å². The quantitative estimate of drug-likeness (QED) is 0.610. The molecule has 0 aromatic carbocycles. The zero-order valence-corrected chi connectivity index (χ0v) is 13.3. The van der Waals surface area contributed by atoms with E-state index in [1.165, 1.54) is 6.42 Å². The second kappa shape index (κ2) is 10.7. The number of aliphatic carboxylic acids is 1. The first kappa shape index (κ1) is 18.9. The highest BCUT2D eigenvalue weighted by Gasteiger charge is 2.14. The molecule has 0 heterocycles. The van der Waals surface area contributed by atoms with Gasteiger partial charge in [-0.2, -0.15) is 0 Å². The summed E-state index contributed by atoms with van der Waals surface area (Å²) in [4.78, 5) is 24.3. The predicted molar refractivity (Wildman–Crippen MR) is 80.7 cm³/mol. The van der Waals surface area contributed by atoms with E-state index in [0.29, 0.717) is 12.5 Å². The van der Waals surface area contributed by atoms with Gasteiger partial charge in [0.15, 0.2) is 0 Å². The van der Waals surface area contributed by atoms with Crippen molar-refractivity contribution in [1.82, 2.24) is 10.2 Å². The van der Waals surface area contributed by atoms with Crippen LogP contribution in [0.1, 0.15) is 53.4 Å². The number of rotatable bonds is 11. The molecule has 0 radical (unpaired) electrons. The van der Waals surface area contributed by atoms with Crippen LogP contribution in [-0.2, 0) is 9.59 Å². The lowest BCUT2D eigenvalue weighted by atomic mass is 10.0. The molecule has 118 valence electrons. The number of nitrogens with zero attached hydrogens (tertiary/aromatic N) is 1. The van der Waals surface area contributed by atoms with Crippen LogP contribution in [0.5, 0.6) is 0 Å². The van der Waals surface area contributed by atoms with Crippen LogP contribution >= 0.6 is 0 Å². The summed E-state index contributed by atoms with van der Waals surface area (Å²) >= 11 is 0. The fraction of sp³-hybridized carbons (Fsp3) is 0.867. The predicted octanol–water partition coefficient (Wildman–Crippen LogP) is 2.11. The van der Waals surface area contributed by atoms with Crippen LogP contribution in [0.4, 0.5) is 0 Å². The summed E-state index contributed by atoms with van der Waals surface area (Å²) in [6.07, 6.45) is 4.08. The van der Waals surface area contributed by atoms with E-state index in [0.717, 1.165) is 19.3 Å². The Labute approximate surface area is 122 Å². The molecule has 0 aromatic rings. The molecule has 0 saturated carbocycles. The van der Waals surface area contributed by atoms with E-state index in [-0.39, 0.29) is 25.0 Å². The number of carbonyl (C=O) groups excluding carboxylic acids is 1. The van der Waals surface area contributed by atoms with E-state index in [1.807, 2.05) is 13.8 Å². The molecule has 0 spiro atoms. The molecule has 0 fully saturated rings. The highest BCUT2D eigenvalue weighted by Crippen LogP contribution is 2.08. The second-order valence-electron chi connectivity index (χ2n) is 5.90. The maximum Gasteiger partial charge on any atom is 0.317 e. The Morgan fingerprint density at radius 2 is 1.80 bits per heavy atom. The molecule has 20 heavy (non-hydrogen) atoms. The van der Waals surface area contributed by atoms with Crippen molar-refractivity contribution in [3.05, 3.63) is 0 Å². The van der Waals surface area contributed by atoms with E-state index in [1.54, 1.807) is 4.90 Å². The van der Waals surface area contributed by atoms with Gasteiger partial charge in [-0.25, -0.2) is 0 Å². The highest BCUT2D eigenvalue weighted by atomic mass is 16.4. The first-order chi connectivity index (χ1) is 9.35. The standard InChI is InChI=1S/C15H30N2O3/c1-5-9-17(11-15(19)20)10-14(18)16-13(4)8-6-7-12(2)3/h12-13H,5-11H2,1-4H3,(H,16,18)(H,19,20). The van der Waals surface area contributed by atoms with E-state index >= 15 is 0 Å². The number of carboxylic acids is 1. The van der Waals surface area contributed by atoms with Gasteiger partial charge in [-0.3, -0.25) is 14.5 Å². The molecule has 0 aromatic heterocycles. The molecule has 0 bridgehead atoms. The third-order valence-corrected chi connectivity index (χ3v) is 3.09. The molecular weight excluding hydrogens is 256 g/mol.